The van der Waals surface area contributed by atoms with E-state index in [0.29, 0.717) is 5.69 Å². The Morgan fingerprint density at radius 1 is 1.33 bits per heavy atom. The lowest BCUT2D eigenvalue weighted by atomic mass is 10.2. The fourth-order valence-corrected chi connectivity index (χ4v) is 1.61. The van der Waals surface area contributed by atoms with E-state index < -0.39 is 5.91 Å². The summed E-state index contributed by atoms with van der Waals surface area (Å²) in [7, 11) is 3.19. The monoisotopic (exact) mass is 289 g/mol. The van der Waals surface area contributed by atoms with Gasteiger partial charge in [0.2, 0.25) is 5.91 Å². The van der Waals surface area contributed by atoms with Crippen LogP contribution in [0, 0.1) is 0 Å². The number of halogens is 2. The molecule has 0 aliphatic rings. The largest absolute Gasteiger partial charge is 0.399 e. The Balaban J connectivity index is 2.82. The number of hydrogen-bond donors (Lipinski definition) is 2. The second-order valence-electron chi connectivity index (χ2n) is 3.84. The van der Waals surface area contributed by atoms with Crippen LogP contribution in [0.5, 0.6) is 0 Å². The second-order valence-corrected chi connectivity index (χ2v) is 4.62. The van der Waals surface area contributed by atoms with Gasteiger partial charge in [-0.2, -0.15) is 0 Å². The Hall–Kier alpha value is -1.46. The Morgan fingerprint density at radius 3 is 2.50 bits per heavy atom. The third kappa shape index (κ3) is 3.51. The topological polar surface area (TPSA) is 75.4 Å². The van der Waals surface area contributed by atoms with Gasteiger partial charge >= 0.3 is 0 Å². The molecule has 0 atom stereocenters. The minimum Gasteiger partial charge on any atom is -0.399 e. The summed E-state index contributed by atoms with van der Waals surface area (Å²) in [4.78, 5) is 24.5. The molecule has 5 nitrogen and oxygen atoms in total. The van der Waals surface area contributed by atoms with Crippen LogP contribution in [0.4, 0.5) is 5.69 Å². The van der Waals surface area contributed by atoms with E-state index in [0.717, 1.165) is 0 Å². The highest BCUT2D eigenvalue weighted by Gasteiger charge is 2.15. The van der Waals surface area contributed by atoms with E-state index >= 15 is 0 Å². The molecule has 0 aromatic heterocycles. The van der Waals surface area contributed by atoms with Crippen LogP contribution in [0.15, 0.2) is 12.1 Å². The maximum Gasteiger partial charge on any atom is 0.253 e. The minimum absolute atomic E-state index is 0.112. The van der Waals surface area contributed by atoms with Crippen molar-refractivity contribution in [3.8, 4) is 0 Å². The van der Waals surface area contributed by atoms with Crippen molar-refractivity contribution in [1.29, 1.82) is 0 Å². The molecule has 7 heteroatoms. The van der Waals surface area contributed by atoms with Gasteiger partial charge < -0.3 is 16.0 Å². The number of nitrogens with zero attached hydrogens (tertiary/aromatic N) is 1. The molecule has 0 fully saturated rings. The van der Waals surface area contributed by atoms with Crippen LogP contribution >= 0.6 is 23.2 Å². The molecule has 18 heavy (non-hydrogen) atoms. The van der Waals surface area contributed by atoms with Crippen molar-refractivity contribution in [3.05, 3.63) is 27.7 Å². The second kappa shape index (κ2) is 5.93. The lowest BCUT2D eigenvalue weighted by Crippen LogP contribution is -2.36. The summed E-state index contributed by atoms with van der Waals surface area (Å²) in [5, 5.41) is 2.75. The number of nitrogen functional groups attached to an aromatic ring is 1. The highest BCUT2D eigenvalue weighted by Crippen LogP contribution is 2.28. The molecule has 0 unspecified atom stereocenters. The number of nitrogens with two attached hydrogens (primary N) is 1. The van der Waals surface area contributed by atoms with Gasteiger partial charge in [-0.3, -0.25) is 9.59 Å². The number of nitrogens with one attached hydrogen (secondary N) is 1. The molecule has 1 aromatic carbocycles. The van der Waals surface area contributed by atoms with Crippen LogP contribution in [0.2, 0.25) is 10.0 Å². The molecule has 0 aliphatic carbocycles. The van der Waals surface area contributed by atoms with E-state index in [9.17, 15) is 9.59 Å². The summed E-state index contributed by atoms with van der Waals surface area (Å²) in [6, 6.07) is 2.86. The first-order valence-electron chi connectivity index (χ1n) is 5.05. The Labute approximate surface area is 115 Å². The number of carbonyl (C=O) groups excluding carboxylic acids is 2. The molecule has 0 bridgehead atoms. The molecule has 0 radical (unpaired) electrons. The zero-order valence-electron chi connectivity index (χ0n) is 9.96. The van der Waals surface area contributed by atoms with E-state index in [1.54, 1.807) is 14.1 Å². The highest BCUT2D eigenvalue weighted by molar-refractivity contribution is 6.44. The van der Waals surface area contributed by atoms with Crippen LogP contribution < -0.4 is 11.1 Å². The van der Waals surface area contributed by atoms with Crippen LogP contribution in [0.3, 0.4) is 0 Å². The van der Waals surface area contributed by atoms with Crippen LogP contribution in [0.1, 0.15) is 10.4 Å². The average molecular weight is 290 g/mol. The van der Waals surface area contributed by atoms with Crippen molar-refractivity contribution in [3.63, 3.8) is 0 Å². The zero-order valence-corrected chi connectivity index (χ0v) is 11.5. The number of likely N-dealkylation sites (N-methyl/N-ethyl adjacent to an activating group) is 1. The first kappa shape index (κ1) is 14.6. The zero-order chi connectivity index (χ0) is 13.9. The predicted octanol–water partition coefficient (Wildman–Crippen LogP) is 1.39. The molecular weight excluding hydrogens is 277 g/mol. The first-order chi connectivity index (χ1) is 8.32. The van der Waals surface area contributed by atoms with E-state index in [1.807, 2.05) is 0 Å². The summed E-state index contributed by atoms with van der Waals surface area (Å²) < 4.78 is 0. The van der Waals surface area contributed by atoms with Crippen LogP contribution in [-0.2, 0) is 4.79 Å². The summed E-state index contributed by atoms with van der Waals surface area (Å²) in [6.07, 6.45) is 0. The van der Waals surface area contributed by atoms with E-state index in [-0.39, 0.29) is 28.1 Å². The van der Waals surface area contributed by atoms with Crippen LogP contribution in [-0.4, -0.2) is 37.4 Å². The molecule has 0 aliphatic heterocycles. The number of benzene rings is 1. The lowest BCUT2D eigenvalue weighted by Gasteiger charge is -2.12. The van der Waals surface area contributed by atoms with Crippen molar-refractivity contribution in [1.82, 2.24) is 10.2 Å². The lowest BCUT2D eigenvalue weighted by molar-refractivity contribution is -0.127. The fourth-order valence-electron chi connectivity index (χ4n) is 1.18. The predicted molar refractivity (Wildman–Crippen MR) is 71.9 cm³/mol. The molecule has 2 amide bonds. The van der Waals surface area contributed by atoms with Gasteiger partial charge in [0.05, 0.1) is 22.2 Å². The van der Waals surface area contributed by atoms with E-state index in [1.165, 1.54) is 17.0 Å². The van der Waals surface area contributed by atoms with Gasteiger partial charge in [0.1, 0.15) is 0 Å². The smallest absolute Gasteiger partial charge is 0.253 e. The summed E-state index contributed by atoms with van der Waals surface area (Å²) in [5.74, 6) is -0.723. The molecule has 1 rings (SSSR count). The van der Waals surface area contributed by atoms with E-state index in [2.05, 4.69) is 5.32 Å². The van der Waals surface area contributed by atoms with Gasteiger partial charge in [-0.25, -0.2) is 0 Å². The molecule has 1 aromatic rings. The minimum atomic E-state index is -0.496. The first-order valence-corrected chi connectivity index (χ1v) is 5.81. The van der Waals surface area contributed by atoms with Crippen LogP contribution in [0.25, 0.3) is 0 Å². The molecule has 0 saturated heterocycles. The van der Waals surface area contributed by atoms with Gasteiger partial charge in [0.25, 0.3) is 5.91 Å². The quantitative estimate of drug-likeness (QED) is 0.826. The third-order valence-corrected chi connectivity index (χ3v) is 3.00. The summed E-state index contributed by atoms with van der Waals surface area (Å²) in [6.45, 7) is -0.116. The Kier molecular flexibility index (Phi) is 4.81. The molecule has 0 spiro atoms. The van der Waals surface area contributed by atoms with E-state index in [4.69, 9.17) is 28.9 Å². The number of carbonyl (C=O) groups is 2. The Bertz CT molecular complexity index is 489. The molecule has 3 N–H and O–H groups in total. The molecule has 0 saturated carbocycles. The van der Waals surface area contributed by atoms with Crippen molar-refractivity contribution in [2.45, 2.75) is 0 Å². The summed E-state index contributed by atoms with van der Waals surface area (Å²) in [5.41, 5.74) is 6.05. The third-order valence-electron chi connectivity index (χ3n) is 2.19. The maximum absolute atomic E-state index is 11.8. The molecule has 0 heterocycles. The number of anilines is 1. The van der Waals surface area contributed by atoms with Gasteiger partial charge in [-0.05, 0) is 12.1 Å². The number of hydrogen-bond acceptors (Lipinski definition) is 3. The standard InChI is InChI=1S/C11H13Cl2N3O2/c1-16(2)9(17)5-15-11(18)7-3-6(14)4-8(12)10(7)13/h3-4H,5,14H2,1-2H3,(H,15,18). The van der Waals surface area contributed by atoms with Crippen molar-refractivity contribution in [2.24, 2.45) is 0 Å². The normalized spacial score (nSPS) is 10.0. The van der Waals surface area contributed by atoms with Gasteiger partial charge in [0.15, 0.2) is 0 Å². The molecular formula is C11H13Cl2N3O2. The Morgan fingerprint density at radius 2 is 1.94 bits per heavy atom. The van der Waals surface area contributed by atoms with Gasteiger partial charge in [-0.15, -0.1) is 0 Å². The number of amides is 2. The van der Waals surface area contributed by atoms with Crippen molar-refractivity contribution < 1.29 is 9.59 Å². The fraction of sp³-hybridized carbons (Fsp3) is 0.273. The number of rotatable bonds is 3. The summed E-state index contributed by atoms with van der Waals surface area (Å²) >= 11 is 11.7. The maximum atomic E-state index is 11.8. The van der Waals surface area contributed by atoms with Crippen molar-refractivity contribution in [2.75, 3.05) is 26.4 Å². The van der Waals surface area contributed by atoms with Crippen molar-refractivity contribution >= 4 is 40.7 Å². The molecule has 98 valence electrons. The van der Waals surface area contributed by atoms with Gasteiger partial charge in [0, 0.05) is 19.8 Å². The van der Waals surface area contributed by atoms with Gasteiger partial charge in [-0.1, -0.05) is 23.2 Å². The SMILES string of the molecule is CN(C)C(=O)CNC(=O)c1cc(N)cc(Cl)c1Cl. The average Bonchev–Trinajstić information content (AvgIpc) is 2.29. The highest BCUT2D eigenvalue weighted by atomic mass is 35.5.